The molecule has 1 aromatic heterocycles. The Balaban J connectivity index is 2.80. The van der Waals surface area contributed by atoms with Crippen molar-refractivity contribution in [2.24, 2.45) is 0 Å². The molecule has 0 amide bonds. The smallest absolute Gasteiger partial charge is 0.128 e. The van der Waals surface area contributed by atoms with Gasteiger partial charge in [-0.25, -0.2) is 4.98 Å². The van der Waals surface area contributed by atoms with Gasteiger partial charge in [-0.3, -0.25) is 0 Å². The highest BCUT2D eigenvalue weighted by Gasteiger charge is 2.06. The summed E-state index contributed by atoms with van der Waals surface area (Å²) in [5.74, 6) is 0.831. The van der Waals surface area contributed by atoms with Crippen LogP contribution < -0.4 is 10.6 Å². The van der Waals surface area contributed by atoms with Crippen LogP contribution in [0, 0.1) is 6.92 Å². The number of aliphatic hydroxyl groups excluding tert-OH is 1. The first-order valence-electron chi connectivity index (χ1n) is 4.62. The summed E-state index contributed by atoms with van der Waals surface area (Å²) < 4.78 is 0. The summed E-state index contributed by atoms with van der Waals surface area (Å²) in [5, 5.41) is 9.21. The Morgan fingerprint density at radius 3 is 2.79 bits per heavy atom. The Kier molecular flexibility index (Phi) is 3.30. The van der Waals surface area contributed by atoms with E-state index in [9.17, 15) is 5.11 Å². The molecule has 0 aromatic carbocycles. The Bertz CT molecular complexity index is 312. The molecule has 0 aliphatic heterocycles. The Labute approximate surface area is 84.4 Å². The van der Waals surface area contributed by atoms with Crippen LogP contribution in [0.1, 0.15) is 12.5 Å². The molecule has 0 aliphatic carbocycles. The number of anilines is 2. The van der Waals surface area contributed by atoms with Crippen molar-refractivity contribution in [1.29, 1.82) is 0 Å². The number of hydrogen-bond donors (Lipinski definition) is 2. The number of nitrogens with two attached hydrogens (primary N) is 1. The molecule has 0 saturated carbocycles. The largest absolute Gasteiger partial charge is 0.397 e. The lowest BCUT2D eigenvalue weighted by Gasteiger charge is -2.20. The first-order chi connectivity index (χ1) is 6.50. The highest BCUT2D eigenvalue weighted by atomic mass is 16.3. The second-order valence-electron chi connectivity index (χ2n) is 3.63. The predicted molar refractivity (Wildman–Crippen MR) is 58.3 cm³/mol. The van der Waals surface area contributed by atoms with E-state index in [0.29, 0.717) is 12.2 Å². The van der Waals surface area contributed by atoms with Gasteiger partial charge in [-0.05, 0) is 25.5 Å². The van der Waals surface area contributed by atoms with Crippen LogP contribution in [0.5, 0.6) is 0 Å². The summed E-state index contributed by atoms with van der Waals surface area (Å²) in [7, 11) is 1.89. The summed E-state index contributed by atoms with van der Waals surface area (Å²) in [6.45, 7) is 4.26. The number of pyridine rings is 1. The van der Waals surface area contributed by atoms with Gasteiger partial charge >= 0.3 is 0 Å². The van der Waals surface area contributed by atoms with Crippen molar-refractivity contribution in [3.8, 4) is 0 Å². The van der Waals surface area contributed by atoms with Crippen molar-refractivity contribution in [2.75, 3.05) is 24.2 Å². The number of nitrogens with zero attached hydrogens (tertiary/aromatic N) is 2. The van der Waals surface area contributed by atoms with E-state index in [0.717, 1.165) is 11.4 Å². The van der Waals surface area contributed by atoms with Crippen molar-refractivity contribution in [2.45, 2.75) is 20.0 Å². The van der Waals surface area contributed by atoms with E-state index in [1.54, 1.807) is 13.1 Å². The Morgan fingerprint density at radius 2 is 2.29 bits per heavy atom. The summed E-state index contributed by atoms with van der Waals surface area (Å²) in [5.41, 5.74) is 7.36. The monoisotopic (exact) mass is 195 g/mol. The lowest BCUT2D eigenvalue weighted by atomic mass is 10.2. The molecule has 0 saturated heterocycles. The maximum Gasteiger partial charge on any atom is 0.128 e. The van der Waals surface area contributed by atoms with Crippen LogP contribution in [-0.4, -0.2) is 29.8 Å². The van der Waals surface area contributed by atoms with Gasteiger partial charge in [-0.1, -0.05) is 0 Å². The summed E-state index contributed by atoms with van der Waals surface area (Å²) in [4.78, 5) is 6.08. The minimum Gasteiger partial charge on any atom is -0.397 e. The fraction of sp³-hybridized carbons (Fsp3) is 0.500. The lowest BCUT2D eigenvalue weighted by Crippen LogP contribution is -2.27. The molecule has 1 aromatic rings. The van der Waals surface area contributed by atoms with Crippen molar-refractivity contribution >= 4 is 11.5 Å². The summed E-state index contributed by atoms with van der Waals surface area (Å²) in [6.07, 6.45) is 1.28. The normalized spacial score (nSPS) is 12.6. The van der Waals surface area contributed by atoms with E-state index in [1.165, 1.54) is 0 Å². The zero-order chi connectivity index (χ0) is 10.7. The first kappa shape index (κ1) is 10.8. The van der Waals surface area contributed by atoms with Crippen LogP contribution in [-0.2, 0) is 0 Å². The number of likely N-dealkylation sites (N-methyl/N-ethyl adjacent to an activating group) is 1. The van der Waals surface area contributed by atoms with Gasteiger partial charge in [0.2, 0.25) is 0 Å². The quantitative estimate of drug-likeness (QED) is 0.748. The molecule has 0 radical (unpaired) electrons. The van der Waals surface area contributed by atoms with Gasteiger partial charge in [0.05, 0.1) is 18.0 Å². The fourth-order valence-corrected chi connectivity index (χ4v) is 1.25. The lowest BCUT2D eigenvalue weighted by molar-refractivity contribution is 0.201. The van der Waals surface area contributed by atoms with E-state index < -0.39 is 0 Å². The van der Waals surface area contributed by atoms with Crippen LogP contribution in [0.15, 0.2) is 12.3 Å². The third-order valence-corrected chi connectivity index (χ3v) is 2.07. The van der Waals surface area contributed by atoms with Crippen molar-refractivity contribution in [3.05, 3.63) is 17.8 Å². The molecule has 1 heterocycles. The molecule has 1 unspecified atom stereocenters. The molecule has 0 aliphatic rings. The third kappa shape index (κ3) is 2.60. The van der Waals surface area contributed by atoms with Crippen LogP contribution in [0.4, 0.5) is 11.5 Å². The average Bonchev–Trinajstić information content (AvgIpc) is 2.08. The molecular weight excluding hydrogens is 178 g/mol. The molecule has 1 rings (SSSR count). The maximum atomic E-state index is 9.21. The minimum absolute atomic E-state index is 0.361. The van der Waals surface area contributed by atoms with Crippen molar-refractivity contribution < 1.29 is 5.11 Å². The van der Waals surface area contributed by atoms with Crippen LogP contribution in [0.2, 0.25) is 0 Å². The molecule has 0 bridgehead atoms. The number of aryl methyl sites for hydroxylation is 1. The van der Waals surface area contributed by atoms with E-state index in [1.807, 2.05) is 24.9 Å². The molecule has 3 N–H and O–H groups in total. The Morgan fingerprint density at radius 1 is 1.64 bits per heavy atom. The van der Waals surface area contributed by atoms with Gasteiger partial charge in [0.15, 0.2) is 0 Å². The number of nitrogen functional groups attached to an aromatic ring is 1. The molecule has 14 heavy (non-hydrogen) atoms. The highest BCUT2D eigenvalue weighted by Crippen LogP contribution is 2.15. The highest BCUT2D eigenvalue weighted by molar-refractivity contribution is 5.51. The topological polar surface area (TPSA) is 62.4 Å². The van der Waals surface area contributed by atoms with E-state index >= 15 is 0 Å². The SMILES string of the molecule is Cc1cc(N(C)CC(C)O)ncc1N. The standard InChI is InChI=1S/C10H17N3O/c1-7-4-10(12-5-9(7)11)13(3)6-8(2)14/h4-5,8,14H,6,11H2,1-3H3. The number of hydrogen-bond acceptors (Lipinski definition) is 4. The molecule has 78 valence electrons. The molecule has 0 fully saturated rings. The Hall–Kier alpha value is -1.29. The minimum atomic E-state index is -0.361. The summed E-state index contributed by atoms with van der Waals surface area (Å²) >= 11 is 0. The first-order valence-corrected chi connectivity index (χ1v) is 4.62. The zero-order valence-corrected chi connectivity index (χ0v) is 8.86. The van der Waals surface area contributed by atoms with Crippen LogP contribution in [0.3, 0.4) is 0 Å². The molecule has 4 heteroatoms. The maximum absolute atomic E-state index is 9.21. The molecule has 4 nitrogen and oxygen atoms in total. The van der Waals surface area contributed by atoms with Gasteiger partial charge in [0, 0.05) is 13.6 Å². The van der Waals surface area contributed by atoms with Gasteiger partial charge in [-0.15, -0.1) is 0 Å². The van der Waals surface area contributed by atoms with E-state index in [-0.39, 0.29) is 6.10 Å². The number of rotatable bonds is 3. The zero-order valence-electron chi connectivity index (χ0n) is 8.86. The molecule has 0 spiro atoms. The summed E-state index contributed by atoms with van der Waals surface area (Å²) in [6, 6.07) is 1.91. The van der Waals surface area contributed by atoms with Gasteiger partial charge in [-0.2, -0.15) is 0 Å². The van der Waals surface area contributed by atoms with Crippen LogP contribution >= 0.6 is 0 Å². The fourth-order valence-electron chi connectivity index (χ4n) is 1.25. The van der Waals surface area contributed by atoms with Crippen molar-refractivity contribution in [1.82, 2.24) is 4.98 Å². The number of aliphatic hydroxyl groups is 1. The van der Waals surface area contributed by atoms with E-state index in [2.05, 4.69) is 4.98 Å². The third-order valence-electron chi connectivity index (χ3n) is 2.07. The predicted octanol–water partition coefficient (Wildman–Crippen LogP) is 0.789. The van der Waals surface area contributed by atoms with Crippen molar-refractivity contribution in [3.63, 3.8) is 0 Å². The van der Waals surface area contributed by atoms with Crippen LogP contribution in [0.25, 0.3) is 0 Å². The average molecular weight is 195 g/mol. The van der Waals surface area contributed by atoms with Gasteiger partial charge in [0.1, 0.15) is 5.82 Å². The van der Waals surface area contributed by atoms with Gasteiger partial charge in [0.25, 0.3) is 0 Å². The molecular formula is C10H17N3O. The second-order valence-corrected chi connectivity index (χ2v) is 3.63. The van der Waals surface area contributed by atoms with E-state index in [4.69, 9.17) is 5.73 Å². The second kappa shape index (κ2) is 4.28. The molecule has 1 atom stereocenters. The number of aromatic nitrogens is 1. The van der Waals surface area contributed by atoms with Gasteiger partial charge < -0.3 is 15.7 Å².